The number of nitrogens with two attached hydrogens (primary N) is 1. The van der Waals surface area contributed by atoms with E-state index in [1.54, 1.807) is 6.07 Å². The summed E-state index contributed by atoms with van der Waals surface area (Å²) in [5.74, 6) is -2.15. The number of nitro benzene ring substituents is 1. The summed E-state index contributed by atoms with van der Waals surface area (Å²) >= 11 is 0. The average molecular weight is 324 g/mol. The molecule has 0 aliphatic rings. The van der Waals surface area contributed by atoms with Gasteiger partial charge in [-0.05, 0) is 19.9 Å². The molecule has 0 fully saturated rings. The molecule has 1 rings (SSSR count). The first-order valence-electron chi connectivity index (χ1n) is 5.93. The molecule has 0 spiro atoms. The maximum absolute atomic E-state index is 10.6. The fourth-order valence-corrected chi connectivity index (χ4v) is 1.21. The number of hydrogen-bond acceptors (Lipinski definition) is 5. The van der Waals surface area contributed by atoms with E-state index in [0.29, 0.717) is 11.3 Å². The number of carboxylic acid groups (broad SMARTS) is 1. The maximum Gasteiger partial charge on any atom is 0.490 e. The second-order valence-corrected chi connectivity index (χ2v) is 4.22. The van der Waals surface area contributed by atoms with Crippen LogP contribution in [0.5, 0.6) is 5.75 Å². The third kappa shape index (κ3) is 6.88. The number of hydrogen-bond donors (Lipinski definition) is 2. The number of nitrogens with zero attached hydrogens (tertiary/aromatic N) is 1. The quantitative estimate of drug-likeness (QED) is 0.649. The molecule has 0 saturated heterocycles. The number of ether oxygens (including phenoxy) is 1. The van der Waals surface area contributed by atoms with Gasteiger partial charge in [-0.25, -0.2) is 4.79 Å². The van der Waals surface area contributed by atoms with E-state index in [4.69, 9.17) is 20.4 Å². The highest BCUT2D eigenvalue weighted by molar-refractivity contribution is 5.73. The molecule has 1 aromatic rings. The van der Waals surface area contributed by atoms with Crippen molar-refractivity contribution in [2.75, 3.05) is 0 Å². The molecule has 22 heavy (non-hydrogen) atoms. The summed E-state index contributed by atoms with van der Waals surface area (Å²) in [5.41, 5.74) is 6.18. The van der Waals surface area contributed by atoms with Crippen LogP contribution in [0.25, 0.3) is 0 Å². The van der Waals surface area contributed by atoms with Crippen LogP contribution < -0.4 is 10.5 Å². The number of nitro groups is 1. The third-order valence-corrected chi connectivity index (χ3v) is 2.08. The molecule has 0 bridgehead atoms. The van der Waals surface area contributed by atoms with E-state index in [-0.39, 0.29) is 18.3 Å². The van der Waals surface area contributed by atoms with Gasteiger partial charge in [0.2, 0.25) is 0 Å². The Labute approximate surface area is 123 Å². The molecule has 7 nitrogen and oxygen atoms in total. The Morgan fingerprint density at radius 2 is 1.95 bits per heavy atom. The first kappa shape index (κ1) is 19.6. The van der Waals surface area contributed by atoms with E-state index >= 15 is 0 Å². The first-order valence-corrected chi connectivity index (χ1v) is 5.93. The predicted octanol–water partition coefficient (Wildman–Crippen LogP) is 2.47. The number of carbonyl (C=O) groups is 1. The molecule has 0 aliphatic heterocycles. The van der Waals surface area contributed by atoms with Crippen LogP contribution in [0.3, 0.4) is 0 Å². The SMILES string of the molecule is CC(C)Oc1ccc([N+](=O)[O-])cc1CN.O=C(O)C(F)(F)F. The summed E-state index contributed by atoms with van der Waals surface area (Å²) in [6.07, 6.45) is -5.06. The van der Waals surface area contributed by atoms with Crippen molar-refractivity contribution < 1.29 is 32.7 Å². The summed E-state index contributed by atoms with van der Waals surface area (Å²) in [6, 6.07) is 4.44. The number of rotatable bonds is 4. The number of carboxylic acids is 1. The molecule has 124 valence electrons. The van der Waals surface area contributed by atoms with Crippen LogP contribution in [0.1, 0.15) is 19.4 Å². The second kappa shape index (κ2) is 8.17. The van der Waals surface area contributed by atoms with Gasteiger partial charge in [0, 0.05) is 24.2 Å². The van der Waals surface area contributed by atoms with Gasteiger partial charge in [0.1, 0.15) is 5.75 Å². The molecule has 0 amide bonds. The minimum absolute atomic E-state index is 0.0248. The van der Waals surface area contributed by atoms with Crippen molar-refractivity contribution >= 4 is 11.7 Å². The summed E-state index contributed by atoms with van der Waals surface area (Å²) in [7, 11) is 0. The van der Waals surface area contributed by atoms with Crippen LogP contribution in [0.4, 0.5) is 18.9 Å². The number of benzene rings is 1. The zero-order valence-corrected chi connectivity index (χ0v) is 11.8. The van der Waals surface area contributed by atoms with Gasteiger partial charge in [0.25, 0.3) is 5.69 Å². The summed E-state index contributed by atoms with van der Waals surface area (Å²) < 4.78 is 37.2. The summed E-state index contributed by atoms with van der Waals surface area (Å²) in [6.45, 7) is 4.01. The molecule has 0 heterocycles. The third-order valence-electron chi connectivity index (χ3n) is 2.08. The van der Waals surface area contributed by atoms with Crippen LogP contribution in [-0.4, -0.2) is 28.3 Å². The van der Waals surface area contributed by atoms with Gasteiger partial charge in [0.05, 0.1) is 11.0 Å². The Hall–Kier alpha value is -2.36. The highest BCUT2D eigenvalue weighted by atomic mass is 19.4. The van der Waals surface area contributed by atoms with Crippen LogP contribution in [0, 0.1) is 10.1 Å². The van der Waals surface area contributed by atoms with Crippen molar-refractivity contribution in [3.05, 3.63) is 33.9 Å². The van der Waals surface area contributed by atoms with Gasteiger partial charge >= 0.3 is 12.1 Å². The van der Waals surface area contributed by atoms with Crippen LogP contribution in [-0.2, 0) is 11.3 Å². The molecule has 10 heteroatoms. The van der Waals surface area contributed by atoms with Crippen molar-refractivity contribution in [2.24, 2.45) is 5.73 Å². The fraction of sp³-hybridized carbons (Fsp3) is 0.417. The maximum atomic E-state index is 10.6. The fourth-order valence-electron chi connectivity index (χ4n) is 1.21. The second-order valence-electron chi connectivity index (χ2n) is 4.22. The van der Waals surface area contributed by atoms with Gasteiger partial charge in [0.15, 0.2) is 0 Å². The number of halogens is 3. The average Bonchev–Trinajstić information content (AvgIpc) is 2.37. The van der Waals surface area contributed by atoms with Crippen LogP contribution in [0.2, 0.25) is 0 Å². The Morgan fingerprint density at radius 1 is 1.45 bits per heavy atom. The molecule has 0 aromatic heterocycles. The van der Waals surface area contributed by atoms with Crippen molar-refractivity contribution in [3.8, 4) is 5.75 Å². The van der Waals surface area contributed by atoms with Crippen LogP contribution in [0.15, 0.2) is 18.2 Å². The van der Waals surface area contributed by atoms with E-state index in [0.717, 1.165) is 0 Å². The van der Waals surface area contributed by atoms with Gasteiger partial charge in [-0.1, -0.05) is 0 Å². The van der Waals surface area contributed by atoms with Gasteiger partial charge < -0.3 is 15.6 Å². The normalized spacial score (nSPS) is 10.7. The van der Waals surface area contributed by atoms with Gasteiger partial charge in [-0.2, -0.15) is 13.2 Å². The Kier molecular flexibility index (Phi) is 7.30. The molecule has 0 unspecified atom stereocenters. The monoisotopic (exact) mass is 324 g/mol. The largest absolute Gasteiger partial charge is 0.491 e. The molecule has 0 saturated carbocycles. The first-order chi connectivity index (χ1) is 9.98. The molecular weight excluding hydrogens is 309 g/mol. The minimum Gasteiger partial charge on any atom is -0.491 e. The van der Waals surface area contributed by atoms with E-state index in [9.17, 15) is 23.3 Å². The van der Waals surface area contributed by atoms with Crippen molar-refractivity contribution in [1.29, 1.82) is 0 Å². The molecule has 1 aromatic carbocycles. The highest BCUT2D eigenvalue weighted by Gasteiger charge is 2.38. The molecule has 0 aliphatic carbocycles. The van der Waals surface area contributed by atoms with Crippen molar-refractivity contribution in [2.45, 2.75) is 32.7 Å². The van der Waals surface area contributed by atoms with Gasteiger partial charge in [-0.15, -0.1) is 0 Å². The zero-order valence-electron chi connectivity index (χ0n) is 11.8. The lowest BCUT2D eigenvalue weighted by molar-refractivity contribution is -0.384. The Balaban J connectivity index is 0.000000534. The lowest BCUT2D eigenvalue weighted by Gasteiger charge is -2.12. The summed E-state index contributed by atoms with van der Waals surface area (Å²) in [4.78, 5) is 19.0. The lowest BCUT2D eigenvalue weighted by Crippen LogP contribution is -2.21. The van der Waals surface area contributed by atoms with E-state index in [1.807, 2.05) is 13.8 Å². The van der Waals surface area contributed by atoms with Crippen molar-refractivity contribution in [1.82, 2.24) is 0 Å². The molecular formula is C12H15F3N2O5. The molecule has 3 N–H and O–H groups in total. The number of non-ortho nitro benzene ring substituents is 1. The number of aliphatic carboxylic acids is 1. The van der Waals surface area contributed by atoms with E-state index in [1.165, 1.54) is 12.1 Å². The lowest BCUT2D eigenvalue weighted by atomic mass is 10.2. The Bertz CT molecular complexity index is 532. The topological polar surface area (TPSA) is 116 Å². The summed E-state index contributed by atoms with van der Waals surface area (Å²) in [5, 5.41) is 17.7. The van der Waals surface area contributed by atoms with Gasteiger partial charge in [-0.3, -0.25) is 10.1 Å². The van der Waals surface area contributed by atoms with E-state index in [2.05, 4.69) is 0 Å². The molecule has 0 atom stereocenters. The highest BCUT2D eigenvalue weighted by Crippen LogP contribution is 2.24. The minimum atomic E-state index is -5.08. The zero-order chi connectivity index (χ0) is 17.5. The van der Waals surface area contributed by atoms with Crippen molar-refractivity contribution in [3.63, 3.8) is 0 Å². The molecule has 0 radical (unpaired) electrons. The smallest absolute Gasteiger partial charge is 0.490 e. The predicted molar refractivity (Wildman–Crippen MR) is 70.4 cm³/mol. The Morgan fingerprint density at radius 3 is 2.27 bits per heavy atom. The number of alkyl halides is 3. The standard InChI is InChI=1S/C10H14N2O3.C2HF3O2/c1-7(2)15-10-4-3-9(12(13)14)5-8(10)6-11;3-2(4,5)1(6)7/h3-5,7H,6,11H2,1-2H3;(H,6,7). The van der Waals surface area contributed by atoms with E-state index < -0.39 is 17.1 Å². The van der Waals surface area contributed by atoms with Crippen LogP contribution >= 0.6 is 0 Å².